The molecule has 9 rings (SSSR count). The first-order valence-corrected chi connectivity index (χ1v) is 16.5. The van der Waals surface area contributed by atoms with Gasteiger partial charge in [-0.05, 0) is 107 Å². The molecule has 0 spiro atoms. The van der Waals surface area contributed by atoms with E-state index in [0.29, 0.717) is 0 Å². The molecule has 0 amide bonds. The zero-order valence-corrected chi connectivity index (χ0v) is 26.7. The van der Waals surface area contributed by atoms with Crippen LogP contribution >= 0.6 is 0 Å². The van der Waals surface area contributed by atoms with E-state index >= 15 is 0 Å². The van der Waals surface area contributed by atoms with Crippen molar-refractivity contribution >= 4 is 44.6 Å². The first-order valence-electron chi connectivity index (χ1n) is 16.5. The van der Waals surface area contributed by atoms with Gasteiger partial charge in [-0.15, -0.1) is 0 Å². The summed E-state index contributed by atoms with van der Waals surface area (Å²) in [6.07, 6.45) is 12.9. The first kappa shape index (κ1) is 27.6. The lowest BCUT2D eigenvalue weighted by molar-refractivity contribution is 0.660. The van der Waals surface area contributed by atoms with Gasteiger partial charge in [-0.2, -0.15) is 0 Å². The minimum Gasteiger partial charge on any atom is -0.310 e. The Morgan fingerprint density at radius 1 is 0.617 bits per heavy atom. The molecule has 2 aliphatic rings. The molecule has 5 aromatic carbocycles. The van der Waals surface area contributed by atoms with Crippen molar-refractivity contribution < 1.29 is 0 Å². The van der Waals surface area contributed by atoms with Crippen molar-refractivity contribution in [1.29, 1.82) is 0 Å². The van der Waals surface area contributed by atoms with Crippen LogP contribution in [0.3, 0.4) is 0 Å². The van der Waals surface area contributed by atoms with Crippen LogP contribution in [0.2, 0.25) is 0 Å². The number of fused-ring (bicyclic) bond motifs is 6. The van der Waals surface area contributed by atoms with Gasteiger partial charge < -0.3 is 9.47 Å². The Labute approximate surface area is 275 Å². The smallest absolute Gasteiger partial charge is 0.0571 e. The SMILES string of the molecule is CC1(C)c2ccccc2-c2ccc(N(c3ccccc3)c3ccc(-c4ccc5c(c4)c4cnccc4n5C4=CCCC=C4)cc3)cc21. The van der Waals surface area contributed by atoms with Crippen LogP contribution in [0.4, 0.5) is 17.1 Å². The van der Waals surface area contributed by atoms with Gasteiger partial charge in [-0.25, -0.2) is 0 Å². The summed E-state index contributed by atoms with van der Waals surface area (Å²) in [6, 6.07) is 44.5. The van der Waals surface area contributed by atoms with Crippen LogP contribution in [0.5, 0.6) is 0 Å². The number of nitrogens with zero attached hydrogens (tertiary/aromatic N) is 3. The molecule has 2 aliphatic carbocycles. The van der Waals surface area contributed by atoms with Crippen molar-refractivity contribution in [1.82, 2.24) is 9.55 Å². The zero-order valence-electron chi connectivity index (χ0n) is 26.7. The number of hydrogen-bond donors (Lipinski definition) is 0. The minimum atomic E-state index is -0.0603. The fourth-order valence-electron chi connectivity index (χ4n) is 7.75. The van der Waals surface area contributed by atoms with Crippen molar-refractivity contribution in [2.45, 2.75) is 32.1 Å². The average Bonchev–Trinajstić information content (AvgIpc) is 3.58. The lowest BCUT2D eigenvalue weighted by Crippen LogP contribution is -2.16. The fraction of sp³-hybridized carbons (Fsp3) is 0.114. The molecular weight excluding hydrogens is 571 g/mol. The Morgan fingerprint density at radius 2 is 1.34 bits per heavy atom. The van der Waals surface area contributed by atoms with E-state index in [4.69, 9.17) is 0 Å². The Kier molecular flexibility index (Phi) is 6.29. The molecule has 0 aliphatic heterocycles. The van der Waals surface area contributed by atoms with Crippen molar-refractivity contribution in [3.05, 3.63) is 163 Å². The van der Waals surface area contributed by atoms with Gasteiger partial charge in [0.1, 0.15) is 0 Å². The van der Waals surface area contributed by atoms with E-state index in [2.05, 4.69) is 168 Å². The molecule has 0 unspecified atom stereocenters. The van der Waals surface area contributed by atoms with Crippen LogP contribution in [0.25, 0.3) is 49.8 Å². The summed E-state index contributed by atoms with van der Waals surface area (Å²) < 4.78 is 2.38. The second kappa shape index (κ2) is 10.7. The number of hydrogen-bond acceptors (Lipinski definition) is 2. The number of anilines is 3. The number of allylic oxidation sites excluding steroid dienone is 4. The molecule has 3 nitrogen and oxygen atoms in total. The highest BCUT2D eigenvalue weighted by atomic mass is 15.1. The first-order chi connectivity index (χ1) is 23.1. The van der Waals surface area contributed by atoms with Gasteiger partial charge in [0.05, 0.1) is 11.0 Å². The van der Waals surface area contributed by atoms with Gasteiger partial charge in [0.25, 0.3) is 0 Å². The maximum absolute atomic E-state index is 4.50. The standard InChI is InChI=1S/C44H35N3/c1-44(2)40-16-10-9-15-36(40)37-23-22-35(28-41(37)44)46(32-11-5-3-6-12-32)34-20-17-30(18-21-34)31-19-24-42-38(27-31)39-29-45-26-25-43(39)47(42)33-13-7-4-8-14-33/h3,5-7,9-29H,4,8H2,1-2H3. The average molecular weight is 606 g/mol. The Balaban J connectivity index is 1.12. The highest BCUT2D eigenvalue weighted by Crippen LogP contribution is 2.50. The van der Waals surface area contributed by atoms with E-state index in [-0.39, 0.29) is 5.41 Å². The molecule has 47 heavy (non-hydrogen) atoms. The topological polar surface area (TPSA) is 21.1 Å². The molecule has 226 valence electrons. The number of benzene rings is 5. The highest BCUT2D eigenvalue weighted by molar-refractivity contribution is 6.11. The third-order valence-corrected chi connectivity index (χ3v) is 10.1. The minimum absolute atomic E-state index is 0.0603. The van der Waals surface area contributed by atoms with Crippen molar-refractivity contribution in [3.63, 3.8) is 0 Å². The van der Waals surface area contributed by atoms with Crippen LogP contribution in [0.15, 0.2) is 152 Å². The lowest BCUT2D eigenvalue weighted by atomic mass is 9.82. The number of para-hydroxylation sites is 1. The molecule has 7 aromatic rings. The summed E-state index contributed by atoms with van der Waals surface area (Å²) in [4.78, 5) is 6.87. The molecule has 2 heterocycles. The van der Waals surface area contributed by atoms with E-state index in [9.17, 15) is 0 Å². The van der Waals surface area contributed by atoms with Gasteiger partial charge in [0, 0.05) is 51.3 Å². The maximum atomic E-state index is 4.50. The van der Waals surface area contributed by atoms with E-state index < -0.39 is 0 Å². The number of pyridine rings is 1. The molecule has 0 bridgehead atoms. The number of rotatable bonds is 5. The Bertz CT molecular complexity index is 2370. The van der Waals surface area contributed by atoms with Crippen LogP contribution in [0, 0.1) is 0 Å². The molecule has 3 heteroatoms. The van der Waals surface area contributed by atoms with E-state index in [0.717, 1.165) is 29.9 Å². The zero-order chi connectivity index (χ0) is 31.5. The van der Waals surface area contributed by atoms with Crippen LogP contribution in [-0.2, 0) is 5.41 Å². The monoisotopic (exact) mass is 605 g/mol. The third kappa shape index (κ3) is 4.38. The van der Waals surface area contributed by atoms with Crippen molar-refractivity contribution in [2.24, 2.45) is 0 Å². The van der Waals surface area contributed by atoms with Crippen molar-refractivity contribution in [2.75, 3.05) is 4.90 Å². The molecular formula is C44H35N3. The summed E-state index contributed by atoms with van der Waals surface area (Å²) >= 11 is 0. The van der Waals surface area contributed by atoms with E-state index in [1.165, 1.54) is 60.9 Å². The molecule has 0 N–H and O–H groups in total. The predicted octanol–water partition coefficient (Wildman–Crippen LogP) is 11.8. The van der Waals surface area contributed by atoms with Gasteiger partial charge >= 0.3 is 0 Å². The van der Waals surface area contributed by atoms with Crippen LogP contribution < -0.4 is 4.90 Å². The third-order valence-electron chi connectivity index (χ3n) is 10.1. The van der Waals surface area contributed by atoms with Crippen LogP contribution in [0.1, 0.15) is 37.8 Å². The molecule has 0 radical (unpaired) electrons. The van der Waals surface area contributed by atoms with Crippen LogP contribution in [-0.4, -0.2) is 9.55 Å². The Hall–Kier alpha value is -5.67. The van der Waals surface area contributed by atoms with Crippen molar-refractivity contribution in [3.8, 4) is 22.3 Å². The Morgan fingerprint density at radius 3 is 2.17 bits per heavy atom. The van der Waals surface area contributed by atoms with E-state index in [1.807, 2.05) is 12.4 Å². The van der Waals surface area contributed by atoms with Gasteiger partial charge in [-0.3, -0.25) is 4.98 Å². The fourth-order valence-corrected chi connectivity index (χ4v) is 7.75. The largest absolute Gasteiger partial charge is 0.310 e. The summed E-state index contributed by atoms with van der Waals surface area (Å²) in [5.74, 6) is 0. The predicted molar refractivity (Wildman–Crippen MR) is 198 cm³/mol. The molecule has 0 atom stereocenters. The quantitative estimate of drug-likeness (QED) is 0.195. The summed E-state index contributed by atoms with van der Waals surface area (Å²) in [6.45, 7) is 4.69. The normalized spacial score (nSPS) is 14.6. The molecule has 2 aromatic heterocycles. The second-order valence-electron chi connectivity index (χ2n) is 13.2. The van der Waals surface area contributed by atoms with E-state index in [1.54, 1.807) is 0 Å². The summed E-state index contributed by atoms with van der Waals surface area (Å²) in [5.41, 5.74) is 14.8. The highest BCUT2D eigenvalue weighted by Gasteiger charge is 2.35. The second-order valence-corrected chi connectivity index (χ2v) is 13.2. The van der Waals surface area contributed by atoms with Gasteiger partial charge in [0.2, 0.25) is 0 Å². The molecule has 0 fully saturated rings. The van der Waals surface area contributed by atoms with Gasteiger partial charge in [0.15, 0.2) is 0 Å². The van der Waals surface area contributed by atoms with Gasteiger partial charge in [-0.1, -0.05) is 92.7 Å². The number of aromatic nitrogens is 2. The summed E-state index contributed by atoms with van der Waals surface area (Å²) in [5, 5.41) is 2.40. The molecule has 0 saturated heterocycles. The summed E-state index contributed by atoms with van der Waals surface area (Å²) in [7, 11) is 0. The maximum Gasteiger partial charge on any atom is 0.0571 e. The lowest BCUT2D eigenvalue weighted by Gasteiger charge is -2.28. The molecule has 0 saturated carbocycles.